The van der Waals surface area contributed by atoms with Crippen molar-refractivity contribution in [2.75, 3.05) is 0 Å². The van der Waals surface area contributed by atoms with Crippen LogP contribution in [-0.4, -0.2) is 0 Å². The quantitative estimate of drug-likeness (QED) is 0.480. The van der Waals surface area contributed by atoms with Gasteiger partial charge in [-0.2, -0.15) is 0 Å². The molecule has 0 aromatic rings. The van der Waals surface area contributed by atoms with Gasteiger partial charge in [0.15, 0.2) is 0 Å². The largest absolute Gasteiger partial charge is 0 e. The topological polar surface area (TPSA) is 17.1 Å². The van der Waals surface area contributed by atoms with Gasteiger partial charge in [-0.3, -0.25) is 0 Å². The van der Waals surface area contributed by atoms with Crippen LogP contribution in [0.3, 0.4) is 0 Å². The molecule has 0 saturated heterocycles. The third kappa shape index (κ3) is 9.40. The van der Waals surface area contributed by atoms with E-state index in [1.54, 1.807) is 0 Å². The van der Waals surface area contributed by atoms with E-state index in [-0.39, 0.29) is 36.5 Å². The first-order chi connectivity index (χ1) is 1.00. The van der Waals surface area contributed by atoms with Crippen molar-refractivity contribution in [1.82, 2.24) is 0 Å². The maximum absolute atomic E-state index is 8.25. The standard InChI is InChI=1S/Fe.O.Ti.Zn. The number of rotatable bonds is 0. The third-order valence-corrected chi connectivity index (χ3v) is 0. The van der Waals surface area contributed by atoms with Gasteiger partial charge in [0.25, 0.3) is 0 Å². The molecule has 0 heterocycles. The van der Waals surface area contributed by atoms with E-state index >= 15 is 0 Å². The fraction of sp³-hybridized carbons (Fsp3) is 0. The molecule has 0 aromatic carbocycles. The summed E-state index contributed by atoms with van der Waals surface area (Å²) < 4.78 is 8.25. The van der Waals surface area contributed by atoms with Gasteiger partial charge < -0.3 is 0 Å². The molecule has 4 heteroatoms. The first-order valence-electron chi connectivity index (χ1n) is 0.204. The van der Waals surface area contributed by atoms with E-state index in [9.17, 15) is 0 Å². The molecule has 0 aliphatic carbocycles. The minimum Gasteiger partial charge on any atom is 0 e. The van der Waals surface area contributed by atoms with Crippen molar-refractivity contribution in [3.8, 4) is 0 Å². The zero-order chi connectivity index (χ0) is 2.00. The Kier molecular flexibility index (Phi) is 98.5. The van der Waals surface area contributed by atoms with Crippen LogP contribution in [0.1, 0.15) is 0 Å². The molecule has 0 radical (unpaired) electrons. The average Bonchev–Trinajstić information content (AvgIpc) is 1.00. The van der Waals surface area contributed by atoms with Crippen LogP contribution in [0.25, 0.3) is 0 Å². The molecule has 0 aromatic heterocycles. The normalized spacial score (nSPS) is 0.750. The number of hydrogen-bond donors (Lipinski definition) is 0. The molecular formula is FeOTiZn. The zero-order valence-electron chi connectivity index (χ0n) is 1.97. The van der Waals surface area contributed by atoms with Gasteiger partial charge in [-0.05, 0) is 0 Å². The fourth-order valence-electron chi connectivity index (χ4n) is 0. The van der Waals surface area contributed by atoms with Crippen molar-refractivity contribution in [3.63, 3.8) is 0 Å². The summed E-state index contributed by atoms with van der Waals surface area (Å²) in [6.45, 7) is 0. The van der Waals surface area contributed by atoms with Crippen LogP contribution in [0.2, 0.25) is 0 Å². The second kappa shape index (κ2) is 22.7. The van der Waals surface area contributed by atoms with Crippen LogP contribution >= 0.6 is 0 Å². The zero-order valence-corrected chi connectivity index (χ0v) is 7.60. The summed E-state index contributed by atoms with van der Waals surface area (Å²) >= 11 is 0.750. The number of hydrogen-bond acceptors (Lipinski definition) is 1. The van der Waals surface area contributed by atoms with E-state index in [0.29, 0.717) is 0 Å². The summed E-state index contributed by atoms with van der Waals surface area (Å²) in [4.78, 5) is 0. The SMILES string of the molecule is [Fe].[O]=[Ti].[Zn]. The van der Waals surface area contributed by atoms with Gasteiger partial charge in [-0.1, -0.05) is 0 Å². The molecule has 0 spiro atoms. The van der Waals surface area contributed by atoms with Crippen molar-refractivity contribution in [2.45, 2.75) is 0 Å². The second-order valence-electron chi connectivity index (χ2n) is 0. The molecule has 0 amide bonds. The van der Waals surface area contributed by atoms with Crippen LogP contribution in [0, 0.1) is 0 Å². The summed E-state index contributed by atoms with van der Waals surface area (Å²) in [7, 11) is 0. The molecular weight excluding hydrogens is 185 g/mol. The third-order valence-electron chi connectivity index (χ3n) is 0. The van der Waals surface area contributed by atoms with Crippen molar-refractivity contribution < 1.29 is 60.3 Å². The Morgan fingerprint density at radius 2 is 1.25 bits per heavy atom. The van der Waals surface area contributed by atoms with Crippen LogP contribution in [0.4, 0.5) is 0 Å². The Morgan fingerprint density at radius 3 is 1.25 bits per heavy atom. The van der Waals surface area contributed by atoms with Gasteiger partial charge >= 0.3 is 23.7 Å². The molecule has 0 unspecified atom stereocenters. The van der Waals surface area contributed by atoms with Crippen LogP contribution in [0.5, 0.6) is 0 Å². The Labute approximate surface area is 59.9 Å². The average molecular weight is 185 g/mol. The van der Waals surface area contributed by atoms with Gasteiger partial charge in [-0.15, -0.1) is 0 Å². The molecule has 0 aliphatic heterocycles. The first-order valence-corrected chi connectivity index (χ1v) is 0.842. The van der Waals surface area contributed by atoms with Crippen molar-refractivity contribution in [1.29, 1.82) is 0 Å². The minimum absolute atomic E-state index is 0. The Morgan fingerprint density at radius 1 is 1.25 bits per heavy atom. The summed E-state index contributed by atoms with van der Waals surface area (Å²) in [5.41, 5.74) is 0. The Bertz CT molecular complexity index is 8.00. The second-order valence-corrected chi connectivity index (χ2v) is 0. The first kappa shape index (κ1) is 17.4. The Hall–Kier alpha value is 1.66. The molecule has 0 N–H and O–H groups in total. The fourth-order valence-corrected chi connectivity index (χ4v) is 0. The van der Waals surface area contributed by atoms with E-state index in [2.05, 4.69) is 0 Å². The van der Waals surface area contributed by atoms with Crippen LogP contribution in [0.15, 0.2) is 0 Å². The van der Waals surface area contributed by atoms with Gasteiger partial charge in [0, 0.05) is 36.5 Å². The predicted molar refractivity (Wildman–Crippen MR) is 0.686 cm³/mol. The van der Waals surface area contributed by atoms with Gasteiger partial charge in [0.1, 0.15) is 0 Å². The van der Waals surface area contributed by atoms with Gasteiger partial charge in [0.2, 0.25) is 0 Å². The molecule has 0 aliphatic rings. The van der Waals surface area contributed by atoms with E-state index in [1.165, 1.54) is 0 Å². The van der Waals surface area contributed by atoms with Crippen molar-refractivity contribution in [2.24, 2.45) is 0 Å². The molecule has 0 saturated carbocycles. The molecule has 4 heavy (non-hydrogen) atoms. The molecule has 0 fully saturated rings. The maximum atomic E-state index is 8.25. The Balaban J connectivity index is -0.00000000500. The van der Waals surface area contributed by atoms with Crippen molar-refractivity contribution >= 4 is 0 Å². The van der Waals surface area contributed by atoms with Crippen LogP contribution in [-0.2, 0) is 60.3 Å². The van der Waals surface area contributed by atoms with Gasteiger partial charge in [0.05, 0.1) is 0 Å². The summed E-state index contributed by atoms with van der Waals surface area (Å²) in [6.07, 6.45) is 0. The summed E-state index contributed by atoms with van der Waals surface area (Å²) in [5.74, 6) is 0. The molecule has 0 rings (SSSR count). The van der Waals surface area contributed by atoms with Gasteiger partial charge in [-0.25, -0.2) is 0 Å². The maximum Gasteiger partial charge on any atom is 0 e. The minimum atomic E-state index is 0. The molecule has 1 nitrogen and oxygen atoms in total. The van der Waals surface area contributed by atoms with Crippen molar-refractivity contribution in [3.05, 3.63) is 0 Å². The van der Waals surface area contributed by atoms with E-state index < -0.39 is 0 Å². The van der Waals surface area contributed by atoms with Crippen LogP contribution < -0.4 is 0 Å². The van der Waals surface area contributed by atoms with E-state index in [0.717, 1.165) is 20.4 Å². The van der Waals surface area contributed by atoms with E-state index in [1.807, 2.05) is 0 Å². The molecule has 0 atom stereocenters. The monoisotopic (exact) mass is 184 g/mol. The summed E-state index contributed by atoms with van der Waals surface area (Å²) in [6, 6.07) is 0. The predicted octanol–water partition coefficient (Wildman–Crippen LogP) is -0.126. The molecule has 0 bridgehead atoms. The molecule has 20 valence electrons. The smallest absolute Gasteiger partial charge is 0 e. The van der Waals surface area contributed by atoms with E-state index in [4.69, 9.17) is 3.32 Å². The summed E-state index contributed by atoms with van der Waals surface area (Å²) in [5, 5.41) is 0.